The summed E-state index contributed by atoms with van der Waals surface area (Å²) in [4.78, 5) is 0. The molecular formula is C14H16Cl2N4S. The van der Waals surface area contributed by atoms with Crippen molar-refractivity contribution in [2.45, 2.75) is 19.9 Å². The summed E-state index contributed by atoms with van der Waals surface area (Å²) in [6.07, 6.45) is 1.97. The number of benzene rings is 1. The van der Waals surface area contributed by atoms with Crippen molar-refractivity contribution < 1.29 is 0 Å². The van der Waals surface area contributed by atoms with Crippen LogP contribution in [0.25, 0.3) is 0 Å². The van der Waals surface area contributed by atoms with Crippen LogP contribution in [-0.4, -0.2) is 14.9 Å². The summed E-state index contributed by atoms with van der Waals surface area (Å²) >= 11 is 17.4. The number of aromatic nitrogens is 2. The van der Waals surface area contributed by atoms with E-state index >= 15 is 0 Å². The molecule has 7 heteroatoms. The lowest BCUT2D eigenvalue weighted by Gasteiger charge is -2.17. The molecule has 0 fully saturated rings. The normalized spacial score (nSPS) is 12.0. The van der Waals surface area contributed by atoms with E-state index in [1.54, 1.807) is 10.7 Å². The first-order chi connectivity index (χ1) is 9.88. The molecular weight excluding hydrogens is 327 g/mol. The average molecular weight is 343 g/mol. The zero-order valence-electron chi connectivity index (χ0n) is 11.9. The molecule has 0 saturated heterocycles. The molecule has 2 aromatic rings. The van der Waals surface area contributed by atoms with Gasteiger partial charge >= 0.3 is 0 Å². The van der Waals surface area contributed by atoms with E-state index in [0.717, 1.165) is 11.3 Å². The molecule has 0 radical (unpaired) electrons. The molecule has 2 rings (SSSR count). The van der Waals surface area contributed by atoms with Gasteiger partial charge in [0.05, 0.1) is 27.5 Å². The molecule has 1 aromatic carbocycles. The van der Waals surface area contributed by atoms with Crippen molar-refractivity contribution in [2.24, 2.45) is 7.05 Å². The summed E-state index contributed by atoms with van der Waals surface area (Å²) in [6.45, 7) is 4.00. The fourth-order valence-corrected chi connectivity index (χ4v) is 2.71. The number of rotatable bonds is 3. The lowest BCUT2D eigenvalue weighted by Crippen LogP contribution is -2.31. The van der Waals surface area contributed by atoms with E-state index in [-0.39, 0.29) is 6.04 Å². The highest BCUT2D eigenvalue weighted by Crippen LogP contribution is 2.29. The molecule has 2 N–H and O–H groups in total. The quantitative estimate of drug-likeness (QED) is 0.824. The fraction of sp³-hybridized carbons (Fsp3) is 0.286. The van der Waals surface area contributed by atoms with Gasteiger partial charge in [-0.1, -0.05) is 29.3 Å². The van der Waals surface area contributed by atoms with Crippen LogP contribution in [0.15, 0.2) is 24.4 Å². The number of hydrogen-bond donors (Lipinski definition) is 2. The molecule has 1 atom stereocenters. The van der Waals surface area contributed by atoms with E-state index in [9.17, 15) is 0 Å². The SMILES string of the molecule is Cc1nn(C)cc1C(C)NC(=S)Nc1cccc(Cl)c1Cl. The van der Waals surface area contributed by atoms with Crippen molar-refractivity contribution >= 4 is 46.2 Å². The van der Waals surface area contributed by atoms with Crippen LogP contribution in [0, 0.1) is 6.92 Å². The highest BCUT2D eigenvalue weighted by Gasteiger charge is 2.13. The lowest BCUT2D eigenvalue weighted by atomic mass is 10.1. The van der Waals surface area contributed by atoms with Gasteiger partial charge in [0.2, 0.25) is 0 Å². The fourth-order valence-electron chi connectivity index (χ4n) is 2.08. The van der Waals surface area contributed by atoms with Crippen molar-refractivity contribution in [3.63, 3.8) is 0 Å². The zero-order valence-corrected chi connectivity index (χ0v) is 14.3. The van der Waals surface area contributed by atoms with E-state index in [1.165, 1.54) is 0 Å². The molecule has 4 nitrogen and oxygen atoms in total. The van der Waals surface area contributed by atoms with E-state index in [2.05, 4.69) is 15.7 Å². The smallest absolute Gasteiger partial charge is 0.171 e. The summed E-state index contributed by atoms with van der Waals surface area (Å²) in [5.74, 6) is 0. The molecule has 0 amide bonds. The van der Waals surface area contributed by atoms with Crippen molar-refractivity contribution in [2.75, 3.05) is 5.32 Å². The van der Waals surface area contributed by atoms with Gasteiger partial charge in [-0.25, -0.2) is 0 Å². The number of halogens is 2. The third kappa shape index (κ3) is 3.87. The van der Waals surface area contributed by atoms with E-state index in [4.69, 9.17) is 35.4 Å². The number of aryl methyl sites for hydroxylation is 2. The molecule has 1 aromatic heterocycles. The topological polar surface area (TPSA) is 41.9 Å². The van der Waals surface area contributed by atoms with Gasteiger partial charge in [-0.15, -0.1) is 0 Å². The monoisotopic (exact) mass is 342 g/mol. The third-order valence-electron chi connectivity index (χ3n) is 3.07. The maximum Gasteiger partial charge on any atom is 0.171 e. The first-order valence-corrected chi connectivity index (χ1v) is 7.56. The van der Waals surface area contributed by atoms with Gasteiger partial charge in [0.25, 0.3) is 0 Å². The summed E-state index contributed by atoms with van der Waals surface area (Å²) in [7, 11) is 1.89. The van der Waals surface area contributed by atoms with Gasteiger partial charge in [0.1, 0.15) is 0 Å². The molecule has 21 heavy (non-hydrogen) atoms. The molecule has 0 aliphatic carbocycles. The second-order valence-electron chi connectivity index (χ2n) is 4.77. The zero-order chi connectivity index (χ0) is 15.6. The minimum atomic E-state index is 0.0386. The van der Waals surface area contributed by atoms with Crippen LogP contribution < -0.4 is 10.6 Å². The third-order valence-corrected chi connectivity index (χ3v) is 4.10. The van der Waals surface area contributed by atoms with E-state index in [0.29, 0.717) is 20.8 Å². The molecule has 1 unspecified atom stereocenters. The van der Waals surface area contributed by atoms with Crippen molar-refractivity contribution in [1.29, 1.82) is 0 Å². The molecule has 0 saturated carbocycles. The first kappa shape index (κ1) is 16.1. The molecule has 1 heterocycles. The maximum atomic E-state index is 6.12. The number of hydrogen-bond acceptors (Lipinski definition) is 2. The van der Waals surface area contributed by atoms with Gasteiger partial charge in [-0.2, -0.15) is 5.10 Å². The standard InChI is InChI=1S/C14H16Cl2N4S/c1-8(10-7-20(3)19-9(10)2)17-14(21)18-12-6-4-5-11(15)13(12)16/h4-8H,1-3H3,(H2,17,18,21). The van der Waals surface area contributed by atoms with Crippen LogP contribution in [0.5, 0.6) is 0 Å². The molecule has 0 spiro atoms. The molecule has 112 valence electrons. The summed E-state index contributed by atoms with van der Waals surface area (Å²) in [5.41, 5.74) is 2.75. The summed E-state index contributed by atoms with van der Waals surface area (Å²) in [5, 5.41) is 12.0. The Morgan fingerprint density at radius 2 is 2.10 bits per heavy atom. The van der Waals surface area contributed by atoms with Crippen molar-refractivity contribution in [3.05, 3.63) is 45.7 Å². The Balaban J connectivity index is 2.05. The number of nitrogens with zero attached hydrogens (tertiary/aromatic N) is 2. The number of thiocarbonyl (C=S) groups is 1. The second-order valence-corrected chi connectivity index (χ2v) is 5.96. The Hall–Kier alpha value is -1.30. The van der Waals surface area contributed by atoms with E-state index in [1.807, 2.05) is 39.2 Å². The molecule has 0 aliphatic heterocycles. The first-order valence-electron chi connectivity index (χ1n) is 6.40. The predicted octanol–water partition coefficient (Wildman–Crippen LogP) is 4.08. The Kier molecular flexibility index (Phi) is 5.08. The van der Waals surface area contributed by atoms with Gasteiger partial charge in [0, 0.05) is 18.8 Å². The highest BCUT2D eigenvalue weighted by atomic mass is 35.5. The summed E-state index contributed by atoms with van der Waals surface area (Å²) < 4.78 is 1.78. The molecule has 0 aliphatic rings. The predicted molar refractivity (Wildman–Crippen MR) is 92.2 cm³/mol. The van der Waals surface area contributed by atoms with Crippen molar-refractivity contribution in [3.8, 4) is 0 Å². The number of anilines is 1. The van der Waals surface area contributed by atoms with Crippen LogP contribution in [0.1, 0.15) is 24.2 Å². The maximum absolute atomic E-state index is 6.12. The Morgan fingerprint density at radius 1 is 1.38 bits per heavy atom. The Morgan fingerprint density at radius 3 is 2.71 bits per heavy atom. The van der Waals surface area contributed by atoms with E-state index < -0.39 is 0 Å². The minimum absolute atomic E-state index is 0.0386. The van der Waals surface area contributed by atoms with Crippen LogP contribution in [0.2, 0.25) is 10.0 Å². The minimum Gasteiger partial charge on any atom is -0.356 e. The van der Waals surface area contributed by atoms with Gasteiger partial charge in [-0.3, -0.25) is 4.68 Å². The van der Waals surface area contributed by atoms with Crippen LogP contribution in [-0.2, 0) is 7.05 Å². The molecule has 0 bridgehead atoms. The highest BCUT2D eigenvalue weighted by molar-refractivity contribution is 7.80. The van der Waals surface area contributed by atoms with Crippen LogP contribution in [0.3, 0.4) is 0 Å². The van der Waals surface area contributed by atoms with Crippen molar-refractivity contribution in [1.82, 2.24) is 15.1 Å². The van der Waals surface area contributed by atoms with Crippen LogP contribution in [0.4, 0.5) is 5.69 Å². The van der Waals surface area contributed by atoms with Crippen LogP contribution >= 0.6 is 35.4 Å². The Labute approximate surface area is 139 Å². The summed E-state index contributed by atoms with van der Waals surface area (Å²) in [6, 6.07) is 5.40. The average Bonchev–Trinajstić information content (AvgIpc) is 2.74. The Bertz CT molecular complexity index is 669. The largest absolute Gasteiger partial charge is 0.356 e. The van der Waals surface area contributed by atoms with Gasteiger partial charge in [-0.05, 0) is 38.2 Å². The van der Waals surface area contributed by atoms with Gasteiger partial charge < -0.3 is 10.6 Å². The second kappa shape index (κ2) is 6.64. The van der Waals surface area contributed by atoms with Gasteiger partial charge in [0.15, 0.2) is 5.11 Å². The number of nitrogens with one attached hydrogen (secondary N) is 2. The lowest BCUT2D eigenvalue weighted by molar-refractivity contribution is 0.715.